The maximum absolute atomic E-state index is 13.4. The molecule has 0 spiro atoms. The first-order valence-electron chi connectivity index (χ1n) is 10.5. The van der Waals surface area contributed by atoms with E-state index in [4.69, 9.17) is 4.74 Å². The number of pyridine rings is 1. The molecule has 0 saturated carbocycles. The Hall–Kier alpha value is -4.53. The quantitative estimate of drug-likeness (QED) is 0.387. The van der Waals surface area contributed by atoms with Crippen LogP contribution in [0.15, 0.2) is 67.0 Å². The van der Waals surface area contributed by atoms with Crippen molar-refractivity contribution in [2.75, 3.05) is 12.4 Å². The smallest absolute Gasteiger partial charge is 0.169 e. The first-order valence-corrected chi connectivity index (χ1v) is 10.5. The van der Waals surface area contributed by atoms with Gasteiger partial charge >= 0.3 is 0 Å². The average molecular weight is 456 g/mol. The molecule has 0 saturated heterocycles. The topological polar surface area (TPSA) is 98.0 Å². The van der Waals surface area contributed by atoms with Crippen molar-refractivity contribution in [1.29, 1.82) is 0 Å². The molecule has 5 aromatic rings. The largest absolute Gasteiger partial charge is 0.504 e. The van der Waals surface area contributed by atoms with E-state index in [1.807, 2.05) is 24.3 Å². The summed E-state index contributed by atoms with van der Waals surface area (Å²) in [5.74, 6) is 1.21. The molecular weight excluding hydrogens is 435 g/mol. The fraction of sp³-hybridized carbons (Fsp3) is 0.120. The van der Waals surface area contributed by atoms with Gasteiger partial charge in [-0.3, -0.25) is 4.68 Å². The molecule has 9 heteroatoms. The summed E-state index contributed by atoms with van der Waals surface area (Å²) in [6, 6.07) is 15.3. The minimum absolute atomic E-state index is 0.0180. The van der Waals surface area contributed by atoms with Gasteiger partial charge in [0, 0.05) is 31.4 Å². The Balaban J connectivity index is 1.44. The monoisotopic (exact) mass is 456 g/mol. The molecule has 8 nitrogen and oxygen atoms in total. The summed E-state index contributed by atoms with van der Waals surface area (Å²) >= 11 is 0. The van der Waals surface area contributed by atoms with E-state index in [9.17, 15) is 9.50 Å². The van der Waals surface area contributed by atoms with Gasteiger partial charge in [0.05, 0.1) is 24.4 Å². The van der Waals surface area contributed by atoms with Crippen LogP contribution in [0.2, 0.25) is 0 Å². The molecule has 0 bridgehead atoms. The average Bonchev–Trinajstić information content (AvgIpc) is 3.24. The van der Waals surface area contributed by atoms with Crippen molar-refractivity contribution >= 4 is 16.9 Å². The molecule has 170 valence electrons. The zero-order valence-corrected chi connectivity index (χ0v) is 18.5. The molecule has 0 aliphatic rings. The molecule has 34 heavy (non-hydrogen) atoms. The maximum Gasteiger partial charge on any atom is 0.169 e. The number of ether oxygens (including phenoxy) is 1. The molecular formula is C25H21FN6O2. The number of aromatic hydroxyl groups is 1. The molecule has 0 unspecified atom stereocenters. The standard InChI is InChI=1S/C25H21FN6O2/c1-32-14-19(23(31-32)16-5-7-17(26)8-6-16)24-28-13-21-20(29-24)11-22(33)25(30-21)27-12-15-3-9-18(34-2)10-4-15/h3-11,13-14,33H,12H2,1-2H3,(H,27,30). The molecule has 0 atom stereocenters. The van der Waals surface area contributed by atoms with E-state index in [1.54, 1.807) is 49.4 Å². The number of anilines is 1. The first-order chi connectivity index (χ1) is 16.5. The number of rotatable bonds is 6. The highest BCUT2D eigenvalue weighted by Crippen LogP contribution is 2.31. The summed E-state index contributed by atoms with van der Waals surface area (Å²) in [5, 5.41) is 18.2. The number of fused-ring (bicyclic) bond motifs is 1. The van der Waals surface area contributed by atoms with E-state index in [0.29, 0.717) is 40.5 Å². The van der Waals surface area contributed by atoms with E-state index in [1.165, 1.54) is 12.1 Å². The molecule has 0 fully saturated rings. The number of nitrogens with one attached hydrogen (secondary N) is 1. The van der Waals surface area contributed by atoms with Crippen LogP contribution in [-0.2, 0) is 13.6 Å². The third-order valence-corrected chi connectivity index (χ3v) is 5.35. The predicted octanol–water partition coefficient (Wildman–Crippen LogP) is 4.56. The van der Waals surface area contributed by atoms with Gasteiger partial charge < -0.3 is 15.2 Å². The van der Waals surface area contributed by atoms with Gasteiger partial charge in [0.1, 0.15) is 22.8 Å². The first kappa shape index (κ1) is 21.3. The summed E-state index contributed by atoms with van der Waals surface area (Å²) in [6.45, 7) is 0.478. The van der Waals surface area contributed by atoms with Gasteiger partial charge in [0.15, 0.2) is 17.4 Å². The molecule has 5 rings (SSSR count). The lowest BCUT2D eigenvalue weighted by Crippen LogP contribution is -2.02. The zero-order chi connectivity index (χ0) is 23.7. The fourth-order valence-corrected chi connectivity index (χ4v) is 3.62. The highest BCUT2D eigenvalue weighted by Gasteiger charge is 2.16. The third kappa shape index (κ3) is 4.23. The van der Waals surface area contributed by atoms with Crippen LogP contribution in [0, 0.1) is 5.82 Å². The Kier molecular flexibility index (Phi) is 5.51. The van der Waals surface area contributed by atoms with Gasteiger partial charge in [0.2, 0.25) is 0 Å². The van der Waals surface area contributed by atoms with E-state index in [-0.39, 0.29) is 11.6 Å². The maximum atomic E-state index is 13.4. The second-order valence-corrected chi connectivity index (χ2v) is 7.73. The Morgan fingerprint density at radius 1 is 1.03 bits per heavy atom. The van der Waals surface area contributed by atoms with Crippen LogP contribution in [0.4, 0.5) is 10.2 Å². The number of hydrogen-bond donors (Lipinski definition) is 2. The van der Waals surface area contributed by atoms with Crippen LogP contribution in [0.25, 0.3) is 33.7 Å². The fourth-order valence-electron chi connectivity index (χ4n) is 3.62. The summed E-state index contributed by atoms with van der Waals surface area (Å²) in [5.41, 5.74) is 4.12. The van der Waals surface area contributed by atoms with Crippen molar-refractivity contribution in [2.24, 2.45) is 7.05 Å². The second kappa shape index (κ2) is 8.78. The molecule has 2 N–H and O–H groups in total. The van der Waals surface area contributed by atoms with E-state index in [2.05, 4.69) is 25.4 Å². The second-order valence-electron chi connectivity index (χ2n) is 7.73. The number of halogens is 1. The van der Waals surface area contributed by atoms with Gasteiger partial charge in [-0.25, -0.2) is 19.3 Å². The lowest BCUT2D eigenvalue weighted by molar-refractivity contribution is 0.414. The number of methoxy groups -OCH3 is 1. The number of aromatic nitrogens is 5. The minimum atomic E-state index is -0.318. The van der Waals surface area contributed by atoms with Crippen LogP contribution in [0.3, 0.4) is 0 Å². The highest BCUT2D eigenvalue weighted by molar-refractivity contribution is 5.83. The minimum Gasteiger partial charge on any atom is -0.504 e. The third-order valence-electron chi connectivity index (χ3n) is 5.35. The Morgan fingerprint density at radius 3 is 2.53 bits per heavy atom. The molecule has 0 amide bonds. The van der Waals surface area contributed by atoms with Crippen molar-refractivity contribution in [1.82, 2.24) is 24.7 Å². The number of nitrogens with zero attached hydrogens (tertiary/aromatic N) is 5. The molecule has 3 heterocycles. The van der Waals surface area contributed by atoms with E-state index >= 15 is 0 Å². The van der Waals surface area contributed by atoms with Crippen molar-refractivity contribution < 1.29 is 14.2 Å². The van der Waals surface area contributed by atoms with Crippen LogP contribution in [0.5, 0.6) is 11.5 Å². The van der Waals surface area contributed by atoms with Crippen molar-refractivity contribution in [3.63, 3.8) is 0 Å². The molecule has 3 aromatic heterocycles. The highest BCUT2D eigenvalue weighted by atomic mass is 19.1. The van der Waals surface area contributed by atoms with Crippen LogP contribution in [-0.4, -0.2) is 36.9 Å². The normalized spacial score (nSPS) is 11.0. The Bertz CT molecular complexity index is 1470. The van der Waals surface area contributed by atoms with Gasteiger partial charge in [-0.1, -0.05) is 12.1 Å². The Morgan fingerprint density at radius 2 is 1.79 bits per heavy atom. The zero-order valence-electron chi connectivity index (χ0n) is 18.5. The number of benzene rings is 2. The number of aryl methyl sites for hydroxylation is 1. The number of hydrogen-bond acceptors (Lipinski definition) is 7. The van der Waals surface area contributed by atoms with Gasteiger partial charge in [0.25, 0.3) is 0 Å². The molecule has 2 aromatic carbocycles. The Labute approximate surface area is 194 Å². The predicted molar refractivity (Wildman–Crippen MR) is 127 cm³/mol. The van der Waals surface area contributed by atoms with Crippen LogP contribution >= 0.6 is 0 Å². The van der Waals surface area contributed by atoms with Crippen LogP contribution in [0.1, 0.15) is 5.56 Å². The lowest BCUT2D eigenvalue weighted by atomic mass is 10.1. The van der Waals surface area contributed by atoms with Gasteiger partial charge in [-0.15, -0.1) is 0 Å². The van der Waals surface area contributed by atoms with Crippen molar-refractivity contribution in [2.45, 2.75) is 6.54 Å². The molecule has 0 aliphatic heterocycles. The summed E-state index contributed by atoms with van der Waals surface area (Å²) in [6.07, 6.45) is 3.41. The lowest BCUT2D eigenvalue weighted by Gasteiger charge is -2.10. The van der Waals surface area contributed by atoms with E-state index in [0.717, 1.165) is 16.9 Å². The van der Waals surface area contributed by atoms with Crippen molar-refractivity contribution in [3.05, 3.63) is 78.4 Å². The van der Waals surface area contributed by atoms with Gasteiger partial charge in [-0.05, 0) is 42.0 Å². The summed E-state index contributed by atoms with van der Waals surface area (Å²) in [4.78, 5) is 13.6. The summed E-state index contributed by atoms with van der Waals surface area (Å²) in [7, 11) is 3.42. The van der Waals surface area contributed by atoms with Crippen LogP contribution < -0.4 is 10.1 Å². The molecule has 0 radical (unpaired) electrons. The van der Waals surface area contributed by atoms with Gasteiger partial charge in [-0.2, -0.15) is 5.10 Å². The summed E-state index contributed by atoms with van der Waals surface area (Å²) < 4.78 is 20.2. The van der Waals surface area contributed by atoms with Crippen molar-refractivity contribution in [3.8, 4) is 34.1 Å². The van der Waals surface area contributed by atoms with E-state index < -0.39 is 0 Å². The SMILES string of the molecule is COc1ccc(CNc2nc3cnc(-c4cn(C)nc4-c4ccc(F)cc4)nc3cc2O)cc1. The molecule has 0 aliphatic carbocycles.